The molecule has 1 aromatic rings. The Morgan fingerprint density at radius 2 is 2.32 bits per heavy atom. The number of hydrogen-bond donors (Lipinski definition) is 1. The van der Waals surface area contributed by atoms with Gasteiger partial charge in [0, 0.05) is 24.2 Å². The summed E-state index contributed by atoms with van der Waals surface area (Å²) in [5, 5.41) is 10.8. The standard InChI is InChI=1S/C13H20N4O2/c1-9-6-13(15-8-12(9)17(18)19)16-10(2)4-3-5-11(16)7-14/h6,8,10-11H,3-5,7,14H2,1-2H3. The van der Waals surface area contributed by atoms with E-state index in [1.165, 1.54) is 12.6 Å². The molecule has 0 radical (unpaired) electrons. The van der Waals surface area contributed by atoms with Gasteiger partial charge in [-0.2, -0.15) is 0 Å². The molecule has 2 N–H and O–H groups in total. The Bertz CT molecular complexity index is 478. The maximum Gasteiger partial charge on any atom is 0.290 e. The Morgan fingerprint density at radius 3 is 2.89 bits per heavy atom. The largest absolute Gasteiger partial charge is 0.350 e. The van der Waals surface area contributed by atoms with Crippen molar-refractivity contribution in [2.24, 2.45) is 5.73 Å². The van der Waals surface area contributed by atoms with Crippen molar-refractivity contribution >= 4 is 11.5 Å². The quantitative estimate of drug-likeness (QED) is 0.666. The zero-order chi connectivity index (χ0) is 14.0. The van der Waals surface area contributed by atoms with Crippen LogP contribution in [0.5, 0.6) is 0 Å². The highest BCUT2D eigenvalue weighted by molar-refractivity contribution is 5.50. The number of anilines is 1. The number of pyridine rings is 1. The molecule has 1 aromatic heterocycles. The third-order valence-corrected chi connectivity index (χ3v) is 3.83. The Morgan fingerprint density at radius 1 is 1.58 bits per heavy atom. The van der Waals surface area contributed by atoms with Crippen LogP contribution in [0.25, 0.3) is 0 Å². The van der Waals surface area contributed by atoms with Crippen LogP contribution in [0.4, 0.5) is 11.5 Å². The number of piperidine rings is 1. The summed E-state index contributed by atoms with van der Waals surface area (Å²) in [7, 11) is 0. The van der Waals surface area contributed by atoms with Crippen LogP contribution in [0.15, 0.2) is 12.3 Å². The van der Waals surface area contributed by atoms with Crippen molar-refractivity contribution in [2.75, 3.05) is 11.4 Å². The second-order valence-corrected chi connectivity index (χ2v) is 5.16. The smallest absolute Gasteiger partial charge is 0.290 e. The summed E-state index contributed by atoms with van der Waals surface area (Å²) < 4.78 is 0. The SMILES string of the molecule is Cc1cc(N2C(C)CCCC2CN)ncc1[N+](=O)[O-]. The van der Waals surface area contributed by atoms with Gasteiger partial charge < -0.3 is 10.6 Å². The highest BCUT2D eigenvalue weighted by atomic mass is 16.6. The fourth-order valence-corrected chi connectivity index (χ4v) is 2.80. The molecule has 2 rings (SSSR count). The van der Waals surface area contributed by atoms with Crippen molar-refractivity contribution in [1.29, 1.82) is 0 Å². The monoisotopic (exact) mass is 264 g/mol. The van der Waals surface area contributed by atoms with E-state index in [0.717, 1.165) is 18.7 Å². The summed E-state index contributed by atoms with van der Waals surface area (Å²) in [5.41, 5.74) is 6.54. The molecule has 0 aliphatic carbocycles. The first-order chi connectivity index (χ1) is 9.04. The summed E-state index contributed by atoms with van der Waals surface area (Å²) in [6.45, 7) is 4.48. The normalized spacial score (nSPS) is 23.4. The number of nitro groups is 1. The Labute approximate surface area is 112 Å². The number of aromatic nitrogens is 1. The van der Waals surface area contributed by atoms with E-state index >= 15 is 0 Å². The molecule has 0 saturated carbocycles. The van der Waals surface area contributed by atoms with Gasteiger partial charge in [0.05, 0.1) is 4.92 Å². The van der Waals surface area contributed by atoms with Crippen molar-refractivity contribution in [3.8, 4) is 0 Å². The number of aryl methyl sites for hydroxylation is 1. The molecule has 0 bridgehead atoms. The van der Waals surface area contributed by atoms with Crippen LogP contribution in [-0.4, -0.2) is 28.5 Å². The van der Waals surface area contributed by atoms with E-state index in [9.17, 15) is 10.1 Å². The molecule has 6 heteroatoms. The van der Waals surface area contributed by atoms with E-state index in [0.29, 0.717) is 18.2 Å². The minimum atomic E-state index is -0.397. The van der Waals surface area contributed by atoms with Crippen molar-refractivity contribution in [3.63, 3.8) is 0 Å². The topological polar surface area (TPSA) is 85.3 Å². The maximum absolute atomic E-state index is 10.8. The lowest BCUT2D eigenvalue weighted by molar-refractivity contribution is -0.385. The molecule has 0 aromatic carbocycles. The molecule has 0 spiro atoms. The van der Waals surface area contributed by atoms with Gasteiger partial charge in [-0.3, -0.25) is 10.1 Å². The number of nitrogens with zero attached hydrogens (tertiary/aromatic N) is 3. The summed E-state index contributed by atoms with van der Waals surface area (Å²) in [5.74, 6) is 0.797. The molecule has 6 nitrogen and oxygen atoms in total. The summed E-state index contributed by atoms with van der Waals surface area (Å²) in [6.07, 6.45) is 4.68. The molecule has 19 heavy (non-hydrogen) atoms. The lowest BCUT2D eigenvalue weighted by Crippen LogP contribution is -2.49. The zero-order valence-electron chi connectivity index (χ0n) is 11.4. The predicted octanol–water partition coefficient (Wildman–Crippen LogP) is 2.00. The third-order valence-electron chi connectivity index (χ3n) is 3.83. The molecule has 2 atom stereocenters. The molecule has 2 unspecified atom stereocenters. The number of rotatable bonds is 3. The van der Waals surface area contributed by atoms with Crippen LogP contribution in [0.1, 0.15) is 31.7 Å². The van der Waals surface area contributed by atoms with Gasteiger partial charge in [0.25, 0.3) is 5.69 Å². The van der Waals surface area contributed by atoms with Crippen molar-refractivity contribution < 1.29 is 4.92 Å². The van der Waals surface area contributed by atoms with Gasteiger partial charge in [0.15, 0.2) is 0 Å². The Kier molecular flexibility index (Phi) is 3.99. The van der Waals surface area contributed by atoms with Gasteiger partial charge in [-0.1, -0.05) is 0 Å². The molecule has 1 fully saturated rings. The maximum atomic E-state index is 10.8. The van der Waals surface area contributed by atoms with E-state index in [-0.39, 0.29) is 11.7 Å². The molecule has 1 saturated heterocycles. The lowest BCUT2D eigenvalue weighted by atomic mass is 9.96. The highest BCUT2D eigenvalue weighted by Gasteiger charge is 2.28. The molecular formula is C13H20N4O2. The highest BCUT2D eigenvalue weighted by Crippen LogP contribution is 2.29. The summed E-state index contributed by atoms with van der Waals surface area (Å²) in [6, 6.07) is 2.44. The zero-order valence-corrected chi connectivity index (χ0v) is 11.4. The van der Waals surface area contributed by atoms with Crippen molar-refractivity contribution in [1.82, 2.24) is 4.98 Å². The number of hydrogen-bond acceptors (Lipinski definition) is 5. The van der Waals surface area contributed by atoms with Gasteiger partial charge in [-0.15, -0.1) is 0 Å². The fraction of sp³-hybridized carbons (Fsp3) is 0.615. The van der Waals surface area contributed by atoms with E-state index in [1.807, 2.05) is 0 Å². The Hall–Kier alpha value is -1.69. The van der Waals surface area contributed by atoms with Gasteiger partial charge in [0.1, 0.15) is 12.0 Å². The van der Waals surface area contributed by atoms with E-state index in [1.54, 1.807) is 13.0 Å². The first kappa shape index (κ1) is 13.7. The van der Waals surface area contributed by atoms with Crippen LogP contribution < -0.4 is 10.6 Å². The van der Waals surface area contributed by atoms with Crippen LogP contribution >= 0.6 is 0 Å². The van der Waals surface area contributed by atoms with Crippen LogP contribution in [-0.2, 0) is 0 Å². The summed E-state index contributed by atoms with van der Waals surface area (Å²) >= 11 is 0. The molecule has 1 aliphatic rings. The first-order valence-corrected chi connectivity index (χ1v) is 6.64. The predicted molar refractivity (Wildman–Crippen MR) is 74.3 cm³/mol. The van der Waals surface area contributed by atoms with Gasteiger partial charge >= 0.3 is 0 Å². The average Bonchev–Trinajstić information content (AvgIpc) is 2.37. The van der Waals surface area contributed by atoms with Crippen LogP contribution in [0.2, 0.25) is 0 Å². The molecule has 104 valence electrons. The van der Waals surface area contributed by atoms with E-state index < -0.39 is 4.92 Å². The minimum absolute atomic E-state index is 0.0673. The molecule has 2 heterocycles. The molecule has 0 amide bonds. The van der Waals surface area contributed by atoms with Crippen LogP contribution in [0.3, 0.4) is 0 Å². The van der Waals surface area contributed by atoms with Crippen molar-refractivity contribution in [2.45, 2.75) is 45.2 Å². The van der Waals surface area contributed by atoms with Gasteiger partial charge in [-0.25, -0.2) is 4.98 Å². The molecular weight excluding hydrogens is 244 g/mol. The molecule has 1 aliphatic heterocycles. The van der Waals surface area contributed by atoms with Crippen molar-refractivity contribution in [3.05, 3.63) is 27.9 Å². The van der Waals surface area contributed by atoms with E-state index in [2.05, 4.69) is 16.8 Å². The van der Waals surface area contributed by atoms with Crippen LogP contribution in [0, 0.1) is 17.0 Å². The number of nitrogens with two attached hydrogens (primary N) is 1. The lowest BCUT2D eigenvalue weighted by Gasteiger charge is -2.41. The minimum Gasteiger partial charge on any atom is -0.350 e. The van der Waals surface area contributed by atoms with Gasteiger partial charge in [-0.05, 0) is 39.2 Å². The fourth-order valence-electron chi connectivity index (χ4n) is 2.80. The average molecular weight is 264 g/mol. The second kappa shape index (κ2) is 5.52. The Balaban J connectivity index is 2.34. The van der Waals surface area contributed by atoms with Gasteiger partial charge in [0.2, 0.25) is 0 Å². The first-order valence-electron chi connectivity index (χ1n) is 6.64. The second-order valence-electron chi connectivity index (χ2n) is 5.16. The summed E-state index contributed by atoms with van der Waals surface area (Å²) in [4.78, 5) is 16.9. The van der Waals surface area contributed by atoms with E-state index in [4.69, 9.17) is 5.73 Å². The third kappa shape index (κ3) is 2.68.